The average Bonchev–Trinajstić information content (AvgIpc) is 2.84. The molecule has 1 rings (SSSR count). The number of nitriles is 1. The monoisotopic (exact) mass is 265 g/mol. The van der Waals surface area contributed by atoms with Gasteiger partial charge in [0.25, 0.3) is 0 Å². The van der Waals surface area contributed by atoms with Crippen molar-refractivity contribution in [1.29, 1.82) is 5.26 Å². The van der Waals surface area contributed by atoms with Crippen LogP contribution < -0.4 is 5.32 Å². The van der Waals surface area contributed by atoms with Crippen LogP contribution in [0.25, 0.3) is 0 Å². The van der Waals surface area contributed by atoms with Gasteiger partial charge in [-0.2, -0.15) is 5.26 Å². The van der Waals surface area contributed by atoms with Crippen LogP contribution in [0.1, 0.15) is 18.7 Å². The topological polar surface area (TPSA) is 73.2 Å². The van der Waals surface area contributed by atoms with Crippen molar-refractivity contribution < 1.29 is 9.59 Å². The van der Waals surface area contributed by atoms with Crippen LogP contribution in [-0.4, -0.2) is 29.3 Å². The molecule has 0 spiro atoms. The predicted octanol–water partition coefficient (Wildman–Crippen LogP) is 1.12. The lowest BCUT2D eigenvalue weighted by molar-refractivity contribution is -0.147. The molecule has 1 aromatic heterocycles. The Labute approximate surface area is 110 Å². The first-order valence-electron chi connectivity index (χ1n) is 5.54. The predicted molar refractivity (Wildman–Crippen MR) is 68.6 cm³/mol. The van der Waals surface area contributed by atoms with Gasteiger partial charge >= 0.3 is 11.8 Å². The quantitative estimate of drug-likeness (QED) is 0.655. The molecule has 0 saturated carbocycles. The third kappa shape index (κ3) is 3.86. The summed E-state index contributed by atoms with van der Waals surface area (Å²) in [6.45, 7) is 3.95. The van der Waals surface area contributed by atoms with Crippen molar-refractivity contribution >= 4 is 23.2 Å². The first kappa shape index (κ1) is 14.2. The number of nitrogens with one attached hydrogen (secondary N) is 1. The van der Waals surface area contributed by atoms with Crippen LogP contribution in [0.2, 0.25) is 0 Å². The minimum atomic E-state index is -0.734. The van der Waals surface area contributed by atoms with Crippen molar-refractivity contribution in [2.45, 2.75) is 26.4 Å². The number of rotatable bonds is 4. The van der Waals surface area contributed by atoms with Crippen molar-refractivity contribution in [3.8, 4) is 6.07 Å². The maximum Gasteiger partial charge on any atom is 0.312 e. The van der Waals surface area contributed by atoms with E-state index < -0.39 is 11.8 Å². The van der Waals surface area contributed by atoms with Crippen molar-refractivity contribution in [3.05, 3.63) is 22.4 Å². The molecule has 0 aliphatic carbocycles. The average molecular weight is 265 g/mol. The number of nitrogens with zero attached hydrogens (tertiary/aromatic N) is 2. The van der Waals surface area contributed by atoms with E-state index in [0.29, 0.717) is 6.54 Å². The fraction of sp³-hybridized carbons (Fsp3) is 0.417. The third-order valence-corrected chi connectivity index (χ3v) is 3.17. The molecule has 0 aromatic carbocycles. The van der Waals surface area contributed by atoms with Crippen molar-refractivity contribution in [3.63, 3.8) is 0 Å². The van der Waals surface area contributed by atoms with Crippen molar-refractivity contribution in [2.75, 3.05) is 6.54 Å². The zero-order valence-corrected chi connectivity index (χ0v) is 11.2. The molecule has 1 heterocycles. The molecular formula is C12H15N3O2S. The van der Waals surface area contributed by atoms with E-state index in [1.165, 1.54) is 16.2 Å². The maximum atomic E-state index is 11.9. The van der Waals surface area contributed by atoms with Gasteiger partial charge in [0.1, 0.15) is 6.54 Å². The molecule has 0 radical (unpaired) electrons. The maximum absolute atomic E-state index is 11.9. The molecule has 2 amide bonds. The minimum Gasteiger partial charge on any atom is -0.335 e. The van der Waals surface area contributed by atoms with E-state index in [9.17, 15) is 9.59 Å². The molecule has 1 N–H and O–H groups in total. The van der Waals surface area contributed by atoms with Gasteiger partial charge in [-0.25, -0.2) is 0 Å². The number of hydrogen-bond acceptors (Lipinski definition) is 4. The first-order valence-corrected chi connectivity index (χ1v) is 6.42. The second-order valence-corrected chi connectivity index (χ2v) is 4.98. The van der Waals surface area contributed by atoms with Gasteiger partial charge in [-0.3, -0.25) is 9.59 Å². The van der Waals surface area contributed by atoms with Gasteiger partial charge in [0.15, 0.2) is 0 Å². The second kappa shape index (κ2) is 6.77. The summed E-state index contributed by atoms with van der Waals surface area (Å²) in [6, 6.07) is 5.51. The highest BCUT2D eigenvalue weighted by Crippen LogP contribution is 2.14. The number of thiophene rings is 1. The number of hydrogen-bond donors (Lipinski definition) is 1. The van der Waals surface area contributed by atoms with E-state index in [0.717, 1.165) is 4.88 Å². The molecule has 0 fully saturated rings. The molecule has 6 heteroatoms. The van der Waals surface area contributed by atoms with E-state index in [-0.39, 0.29) is 12.6 Å². The molecule has 0 unspecified atom stereocenters. The van der Waals surface area contributed by atoms with Crippen molar-refractivity contribution in [2.24, 2.45) is 0 Å². The van der Waals surface area contributed by atoms with E-state index in [4.69, 9.17) is 5.26 Å². The van der Waals surface area contributed by atoms with Crippen LogP contribution in [0.5, 0.6) is 0 Å². The normalized spacial score (nSPS) is 9.89. The Hall–Kier alpha value is -1.87. The summed E-state index contributed by atoms with van der Waals surface area (Å²) in [5, 5.41) is 12.5. The lowest BCUT2D eigenvalue weighted by Gasteiger charge is -2.25. The van der Waals surface area contributed by atoms with Crippen LogP contribution in [-0.2, 0) is 16.1 Å². The largest absolute Gasteiger partial charge is 0.335 e. The first-order chi connectivity index (χ1) is 8.56. The molecule has 0 aliphatic rings. The highest BCUT2D eigenvalue weighted by molar-refractivity contribution is 7.09. The van der Waals surface area contributed by atoms with Gasteiger partial charge < -0.3 is 10.2 Å². The second-order valence-electron chi connectivity index (χ2n) is 3.95. The lowest BCUT2D eigenvalue weighted by atomic mass is 10.3. The molecule has 0 aliphatic heterocycles. The van der Waals surface area contributed by atoms with Crippen LogP contribution >= 0.6 is 11.3 Å². The highest BCUT2D eigenvalue weighted by atomic mass is 32.1. The highest BCUT2D eigenvalue weighted by Gasteiger charge is 2.24. The van der Waals surface area contributed by atoms with Gasteiger partial charge in [0.05, 0.1) is 12.6 Å². The Kier molecular flexibility index (Phi) is 5.33. The Morgan fingerprint density at radius 1 is 1.56 bits per heavy atom. The fourth-order valence-electron chi connectivity index (χ4n) is 1.39. The summed E-state index contributed by atoms with van der Waals surface area (Å²) >= 11 is 1.54. The zero-order valence-electron chi connectivity index (χ0n) is 10.3. The Morgan fingerprint density at radius 3 is 2.78 bits per heavy atom. The zero-order chi connectivity index (χ0) is 13.5. The van der Waals surface area contributed by atoms with E-state index in [1.54, 1.807) is 6.07 Å². The molecule has 0 bridgehead atoms. The summed E-state index contributed by atoms with van der Waals surface area (Å²) in [5.74, 6) is -1.34. The van der Waals surface area contributed by atoms with Gasteiger partial charge in [-0.05, 0) is 25.3 Å². The fourth-order valence-corrected chi connectivity index (χ4v) is 2.09. The molecule has 0 saturated heterocycles. The summed E-state index contributed by atoms with van der Waals surface area (Å²) < 4.78 is 0. The molecule has 96 valence electrons. The van der Waals surface area contributed by atoms with E-state index in [1.807, 2.05) is 31.4 Å². The molecular weight excluding hydrogens is 250 g/mol. The van der Waals surface area contributed by atoms with Crippen LogP contribution in [0.15, 0.2) is 17.5 Å². The number of carbonyl (C=O) groups excluding carboxylic acids is 2. The number of amides is 2. The Bertz CT molecular complexity index is 448. The molecule has 0 atom stereocenters. The van der Waals surface area contributed by atoms with Gasteiger partial charge in [0, 0.05) is 10.9 Å². The Morgan fingerprint density at radius 2 is 2.28 bits per heavy atom. The van der Waals surface area contributed by atoms with Gasteiger partial charge in [-0.1, -0.05) is 6.07 Å². The summed E-state index contributed by atoms with van der Waals surface area (Å²) in [6.07, 6.45) is 0. The standard InChI is InChI=1S/C12H15N3O2S/c1-9(2)15(8-10-4-3-7-18-10)12(17)11(16)14-6-5-13/h3-4,7,9H,6,8H2,1-2H3,(H,14,16). The minimum absolute atomic E-state index is 0.0764. The summed E-state index contributed by atoms with van der Waals surface area (Å²) in [7, 11) is 0. The van der Waals surface area contributed by atoms with Crippen LogP contribution in [0.3, 0.4) is 0 Å². The summed E-state index contributed by atoms with van der Waals surface area (Å²) in [4.78, 5) is 26.0. The van der Waals surface area contributed by atoms with Crippen molar-refractivity contribution in [1.82, 2.24) is 10.2 Å². The smallest absolute Gasteiger partial charge is 0.312 e. The molecule has 1 aromatic rings. The van der Waals surface area contributed by atoms with E-state index in [2.05, 4.69) is 5.32 Å². The lowest BCUT2D eigenvalue weighted by Crippen LogP contribution is -2.45. The Balaban J connectivity index is 2.70. The molecule has 5 nitrogen and oxygen atoms in total. The molecule has 18 heavy (non-hydrogen) atoms. The number of carbonyl (C=O) groups is 2. The summed E-state index contributed by atoms with van der Waals surface area (Å²) in [5.41, 5.74) is 0. The van der Waals surface area contributed by atoms with E-state index >= 15 is 0 Å². The van der Waals surface area contributed by atoms with Gasteiger partial charge in [-0.15, -0.1) is 11.3 Å². The third-order valence-electron chi connectivity index (χ3n) is 2.31. The van der Waals surface area contributed by atoms with Gasteiger partial charge in [0.2, 0.25) is 0 Å². The van der Waals surface area contributed by atoms with Crippen LogP contribution in [0.4, 0.5) is 0 Å². The SMILES string of the molecule is CC(C)N(Cc1cccs1)C(=O)C(=O)NCC#N. The van der Waals surface area contributed by atoms with Crippen LogP contribution in [0, 0.1) is 11.3 Å².